The lowest BCUT2D eigenvalue weighted by molar-refractivity contribution is -0.137. The number of nitrogens with zero attached hydrogens (tertiary/aromatic N) is 2. The molecular formula is C24H24F3N3O3. The second-order valence-corrected chi connectivity index (χ2v) is 8.33. The molecule has 1 aliphatic carbocycles. The Balaban J connectivity index is 1.33. The van der Waals surface area contributed by atoms with Crippen LogP contribution in [-0.2, 0) is 22.3 Å². The minimum atomic E-state index is -4.41. The summed E-state index contributed by atoms with van der Waals surface area (Å²) in [6.07, 6.45) is -1.41. The lowest BCUT2D eigenvalue weighted by Gasteiger charge is -2.23. The molecule has 0 unspecified atom stereocenters. The van der Waals surface area contributed by atoms with Crippen molar-refractivity contribution in [3.8, 4) is 0 Å². The van der Waals surface area contributed by atoms with Crippen molar-refractivity contribution in [2.24, 2.45) is 0 Å². The molecule has 9 heteroatoms. The SMILES string of the molecule is O=C(NCC(=O)N(Cc1ccc(C(F)(F)F)cc1)C1CC1)c1ccc(N2CCCC2=O)cc1. The molecule has 2 aromatic rings. The number of nitrogens with one attached hydrogen (secondary N) is 1. The van der Waals surface area contributed by atoms with Crippen LogP contribution in [0.5, 0.6) is 0 Å². The van der Waals surface area contributed by atoms with Crippen LogP contribution in [0.2, 0.25) is 0 Å². The lowest BCUT2D eigenvalue weighted by Crippen LogP contribution is -2.41. The molecule has 1 saturated heterocycles. The molecule has 0 bridgehead atoms. The van der Waals surface area contributed by atoms with E-state index in [0.29, 0.717) is 24.1 Å². The van der Waals surface area contributed by atoms with Gasteiger partial charge in [0, 0.05) is 36.8 Å². The Kier molecular flexibility index (Phi) is 6.40. The largest absolute Gasteiger partial charge is 0.416 e. The van der Waals surface area contributed by atoms with Gasteiger partial charge in [0.2, 0.25) is 11.8 Å². The summed E-state index contributed by atoms with van der Waals surface area (Å²) in [7, 11) is 0. The zero-order chi connectivity index (χ0) is 23.6. The number of carbonyl (C=O) groups is 3. The van der Waals surface area contributed by atoms with Crippen LogP contribution in [0.3, 0.4) is 0 Å². The highest BCUT2D eigenvalue weighted by Gasteiger charge is 2.33. The summed E-state index contributed by atoms with van der Waals surface area (Å²) in [5, 5.41) is 2.61. The van der Waals surface area contributed by atoms with Crippen molar-refractivity contribution >= 4 is 23.4 Å². The lowest BCUT2D eigenvalue weighted by atomic mass is 10.1. The fraction of sp³-hybridized carbons (Fsp3) is 0.375. The van der Waals surface area contributed by atoms with Crippen LogP contribution in [-0.4, -0.2) is 41.8 Å². The highest BCUT2D eigenvalue weighted by molar-refractivity contribution is 5.98. The number of alkyl halides is 3. The van der Waals surface area contributed by atoms with Gasteiger partial charge in [-0.1, -0.05) is 12.1 Å². The molecule has 0 radical (unpaired) electrons. The molecule has 2 fully saturated rings. The van der Waals surface area contributed by atoms with Gasteiger partial charge in [-0.3, -0.25) is 14.4 Å². The number of halogens is 3. The molecule has 4 rings (SSSR count). The summed E-state index contributed by atoms with van der Waals surface area (Å²) in [5.74, 6) is -0.635. The van der Waals surface area contributed by atoms with Crippen LogP contribution in [0.15, 0.2) is 48.5 Å². The highest BCUT2D eigenvalue weighted by Crippen LogP contribution is 2.31. The standard InChI is InChI=1S/C24H24F3N3O3/c25-24(26,27)18-7-3-16(4-8-18)15-30(20-11-12-20)22(32)14-28-23(33)17-5-9-19(10-6-17)29-13-1-2-21(29)31/h3-10,20H,1-2,11-15H2,(H,28,33). The minimum Gasteiger partial charge on any atom is -0.343 e. The van der Waals surface area contributed by atoms with E-state index in [9.17, 15) is 27.6 Å². The zero-order valence-corrected chi connectivity index (χ0v) is 17.9. The number of hydrogen-bond acceptors (Lipinski definition) is 3. The van der Waals surface area contributed by atoms with Crippen LogP contribution in [0.1, 0.15) is 47.2 Å². The van der Waals surface area contributed by atoms with Gasteiger partial charge < -0.3 is 15.1 Å². The summed E-state index contributed by atoms with van der Waals surface area (Å²) in [6.45, 7) is 0.646. The monoisotopic (exact) mass is 459 g/mol. The van der Waals surface area contributed by atoms with Gasteiger partial charge >= 0.3 is 6.18 Å². The number of rotatable bonds is 7. The Hall–Kier alpha value is -3.36. The summed E-state index contributed by atoms with van der Waals surface area (Å²) in [4.78, 5) is 40.3. The fourth-order valence-electron chi connectivity index (χ4n) is 3.88. The Morgan fingerprint density at radius 2 is 1.70 bits per heavy atom. The molecule has 1 heterocycles. The number of benzene rings is 2. The fourth-order valence-corrected chi connectivity index (χ4v) is 3.88. The maximum Gasteiger partial charge on any atom is 0.416 e. The molecule has 1 aliphatic heterocycles. The van der Waals surface area contributed by atoms with E-state index in [1.54, 1.807) is 34.1 Å². The Morgan fingerprint density at radius 3 is 2.24 bits per heavy atom. The van der Waals surface area contributed by atoms with Gasteiger partial charge in [0.15, 0.2) is 0 Å². The van der Waals surface area contributed by atoms with Gasteiger partial charge in [-0.2, -0.15) is 13.2 Å². The maximum atomic E-state index is 12.8. The molecule has 1 N–H and O–H groups in total. The summed E-state index contributed by atoms with van der Waals surface area (Å²) in [6, 6.07) is 11.4. The molecule has 174 valence electrons. The normalized spacial score (nSPS) is 16.1. The van der Waals surface area contributed by atoms with Gasteiger partial charge in [0.25, 0.3) is 5.91 Å². The van der Waals surface area contributed by atoms with Gasteiger partial charge in [0.05, 0.1) is 12.1 Å². The van der Waals surface area contributed by atoms with Crippen molar-refractivity contribution in [3.63, 3.8) is 0 Å². The Bertz CT molecular complexity index is 1030. The predicted molar refractivity (Wildman–Crippen MR) is 115 cm³/mol. The van der Waals surface area contributed by atoms with E-state index in [2.05, 4.69) is 5.32 Å². The van der Waals surface area contributed by atoms with Gasteiger partial charge in [-0.15, -0.1) is 0 Å². The summed E-state index contributed by atoms with van der Waals surface area (Å²) >= 11 is 0. The number of hydrogen-bond donors (Lipinski definition) is 1. The van der Waals surface area contributed by atoms with Crippen molar-refractivity contribution in [2.75, 3.05) is 18.0 Å². The second-order valence-electron chi connectivity index (χ2n) is 8.33. The molecule has 3 amide bonds. The van der Waals surface area contributed by atoms with Crippen molar-refractivity contribution in [1.29, 1.82) is 0 Å². The van der Waals surface area contributed by atoms with Crippen LogP contribution < -0.4 is 10.2 Å². The smallest absolute Gasteiger partial charge is 0.343 e. The van der Waals surface area contributed by atoms with Crippen LogP contribution in [0.4, 0.5) is 18.9 Å². The molecule has 6 nitrogen and oxygen atoms in total. The molecule has 33 heavy (non-hydrogen) atoms. The van der Waals surface area contributed by atoms with Gasteiger partial charge in [-0.05, 0) is 61.2 Å². The van der Waals surface area contributed by atoms with Crippen LogP contribution in [0.25, 0.3) is 0 Å². The topological polar surface area (TPSA) is 69.7 Å². The molecule has 2 aromatic carbocycles. The van der Waals surface area contributed by atoms with E-state index >= 15 is 0 Å². The van der Waals surface area contributed by atoms with Crippen molar-refractivity contribution < 1.29 is 27.6 Å². The average molecular weight is 459 g/mol. The van der Waals surface area contributed by atoms with E-state index in [-0.39, 0.29) is 30.9 Å². The number of anilines is 1. The van der Waals surface area contributed by atoms with Crippen LogP contribution >= 0.6 is 0 Å². The minimum absolute atomic E-state index is 0.0361. The number of carbonyl (C=O) groups excluding carboxylic acids is 3. The van der Waals surface area contributed by atoms with Gasteiger partial charge in [-0.25, -0.2) is 0 Å². The first-order chi connectivity index (χ1) is 15.7. The molecule has 2 aliphatic rings. The third kappa shape index (κ3) is 5.53. The summed E-state index contributed by atoms with van der Waals surface area (Å²) in [5.41, 5.74) is 0.977. The van der Waals surface area contributed by atoms with E-state index in [4.69, 9.17) is 0 Å². The van der Waals surface area contributed by atoms with E-state index in [0.717, 1.165) is 37.1 Å². The van der Waals surface area contributed by atoms with Crippen LogP contribution in [0, 0.1) is 0 Å². The zero-order valence-electron chi connectivity index (χ0n) is 17.9. The molecule has 1 saturated carbocycles. The Morgan fingerprint density at radius 1 is 1.03 bits per heavy atom. The quantitative estimate of drug-likeness (QED) is 0.686. The van der Waals surface area contributed by atoms with E-state index in [1.165, 1.54) is 12.1 Å². The number of amides is 3. The average Bonchev–Trinajstić information content (AvgIpc) is 3.55. The first-order valence-electron chi connectivity index (χ1n) is 10.9. The Labute approximate surface area is 189 Å². The first-order valence-corrected chi connectivity index (χ1v) is 10.9. The third-order valence-electron chi connectivity index (χ3n) is 5.86. The highest BCUT2D eigenvalue weighted by atomic mass is 19.4. The predicted octanol–water partition coefficient (Wildman–Crippen LogP) is 3.75. The van der Waals surface area contributed by atoms with E-state index < -0.39 is 17.6 Å². The summed E-state index contributed by atoms with van der Waals surface area (Å²) < 4.78 is 38.3. The molecule has 0 spiro atoms. The van der Waals surface area contributed by atoms with E-state index in [1.807, 2.05) is 0 Å². The molecule has 0 aromatic heterocycles. The molecule has 0 atom stereocenters. The third-order valence-corrected chi connectivity index (χ3v) is 5.86. The molecular weight excluding hydrogens is 435 g/mol. The van der Waals surface area contributed by atoms with Crippen molar-refractivity contribution in [2.45, 2.75) is 44.4 Å². The maximum absolute atomic E-state index is 12.8. The van der Waals surface area contributed by atoms with Gasteiger partial charge in [0.1, 0.15) is 0 Å². The first kappa shape index (κ1) is 22.8. The second kappa shape index (κ2) is 9.25. The van der Waals surface area contributed by atoms with Crippen molar-refractivity contribution in [1.82, 2.24) is 10.2 Å². The van der Waals surface area contributed by atoms with Crippen molar-refractivity contribution in [3.05, 3.63) is 65.2 Å².